The van der Waals surface area contributed by atoms with Crippen molar-refractivity contribution in [2.75, 3.05) is 0 Å². The average molecular weight is 322 g/mol. The van der Waals surface area contributed by atoms with Gasteiger partial charge in [-0.05, 0) is 0 Å². The largest absolute Gasteiger partial charge is 0.192 e. The van der Waals surface area contributed by atoms with E-state index in [1.54, 1.807) is 12.1 Å². The van der Waals surface area contributed by atoms with E-state index in [9.17, 15) is 0 Å². The number of hydrogen-bond acceptors (Lipinski definition) is 2. The lowest BCUT2D eigenvalue weighted by atomic mass is 10.1. The molecule has 0 atom stereocenters. The summed E-state index contributed by atoms with van der Waals surface area (Å²) in [4.78, 5) is 0. The van der Waals surface area contributed by atoms with Crippen LogP contribution in [0.4, 0.5) is 0 Å². The number of nitriles is 2. The standard InChI is InChI=1S/C8Cl4N2.2C2H4/c9-5-3(1-13)6(10)8(12)7(11)4(5)2-14;2*1-2/h;2*1-2H2. The van der Waals surface area contributed by atoms with Gasteiger partial charge in [-0.3, -0.25) is 0 Å². The van der Waals surface area contributed by atoms with Crippen molar-refractivity contribution >= 4 is 46.4 Å². The molecule has 0 aliphatic rings. The zero-order chi connectivity index (χ0) is 14.9. The van der Waals surface area contributed by atoms with Crippen LogP contribution >= 0.6 is 46.4 Å². The molecule has 1 aromatic carbocycles. The maximum absolute atomic E-state index is 8.70. The summed E-state index contributed by atoms with van der Waals surface area (Å²) < 4.78 is 0. The second kappa shape index (κ2) is 9.83. The van der Waals surface area contributed by atoms with Crippen molar-refractivity contribution in [3.05, 3.63) is 57.5 Å². The van der Waals surface area contributed by atoms with Crippen LogP contribution in [-0.4, -0.2) is 0 Å². The third-order valence-electron chi connectivity index (χ3n) is 1.49. The molecule has 0 unspecified atom stereocenters. The molecule has 2 nitrogen and oxygen atoms in total. The van der Waals surface area contributed by atoms with Crippen molar-refractivity contribution in [3.8, 4) is 12.1 Å². The molecule has 0 spiro atoms. The lowest BCUT2D eigenvalue weighted by molar-refractivity contribution is 1.45. The highest BCUT2D eigenvalue weighted by Crippen LogP contribution is 2.40. The molecule has 1 aromatic rings. The lowest BCUT2D eigenvalue weighted by Gasteiger charge is -2.05. The number of rotatable bonds is 0. The Kier molecular flexibility index (Phi) is 10.5. The Morgan fingerprint density at radius 3 is 1.11 bits per heavy atom. The van der Waals surface area contributed by atoms with Crippen LogP contribution in [0, 0.1) is 22.7 Å². The molecule has 0 N–H and O–H groups in total. The van der Waals surface area contributed by atoms with Gasteiger partial charge in [0.15, 0.2) is 0 Å². The Labute approximate surface area is 126 Å². The third kappa shape index (κ3) is 3.95. The molecule has 0 heterocycles. The summed E-state index contributed by atoms with van der Waals surface area (Å²) in [5, 5.41) is 17.2. The first-order chi connectivity index (χ1) is 8.54. The fourth-order valence-electron chi connectivity index (χ4n) is 0.830. The van der Waals surface area contributed by atoms with E-state index in [2.05, 4.69) is 26.3 Å². The van der Waals surface area contributed by atoms with E-state index in [1.807, 2.05) is 0 Å². The van der Waals surface area contributed by atoms with Gasteiger partial charge in [-0.1, -0.05) is 46.4 Å². The SMILES string of the molecule is C=C.C=C.N#Cc1c(Cl)c(Cl)c(Cl)c(C#N)c1Cl. The van der Waals surface area contributed by atoms with Crippen molar-refractivity contribution in [1.29, 1.82) is 10.5 Å². The Balaban J connectivity index is 0. The first-order valence-corrected chi connectivity index (χ1v) is 5.72. The van der Waals surface area contributed by atoms with E-state index in [1.165, 1.54) is 0 Å². The molecule has 0 aliphatic heterocycles. The topological polar surface area (TPSA) is 47.6 Å². The summed E-state index contributed by atoms with van der Waals surface area (Å²) in [6.07, 6.45) is 0. The fourth-order valence-corrected chi connectivity index (χ4v) is 1.90. The minimum atomic E-state index is -0.0746. The summed E-state index contributed by atoms with van der Waals surface area (Å²) in [5.41, 5.74) is -0.0847. The van der Waals surface area contributed by atoms with Gasteiger partial charge in [0.1, 0.15) is 12.1 Å². The minimum Gasteiger partial charge on any atom is -0.192 e. The highest BCUT2D eigenvalue weighted by atomic mass is 35.5. The highest BCUT2D eigenvalue weighted by molar-refractivity contribution is 6.50. The predicted octanol–water partition coefficient (Wildman–Crippen LogP) is 5.65. The molecule has 94 valence electrons. The van der Waals surface area contributed by atoms with Crippen LogP contribution in [0.2, 0.25) is 20.1 Å². The van der Waals surface area contributed by atoms with Gasteiger partial charge in [0.25, 0.3) is 0 Å². The predicted molar refractivity (Wildman–Crippen MR) is 78.4 cm³/mol. The van der Waals surface area contributed by atoms with Crippen molar-refractivity contribution in [2.45, 2.75) is 0 Å². The molecule has 0 saturated heterocycles. The van der Waals surface area contributed by atoms with Gasteiger partial charge in [0.05, 0.1) is 31.2 Å². The zero-order valence-corrected chi connectivity index (χ0v) is 12.3. The van der Waals surface area contributed by atoms with Crippen molar-refractivity contribution in [3.63, 3.8) is 0 Å². The van der Waals surface area contributed by atoms with Crippen molar-refractivity contribution < 1.29 is 0 Å². The maximum Gasteiger partial charge on any atom is 0.102 e. The van der Waals surface area contributed by atoms with Crippen molar-refractivity contribution in [2.24, 2.45) is 0 Å². The molecule has 0 bridgehead atoms. The second-order valence-corrected chi connectivity index (χ2v) is 3.74. The van der Waals surface area contributed by atoms with Crippen LogP contribution < -0.4 is 0 Å². The molecule has 0 aliphatic carbocycles. The smallest absolute Gasteiger partial charge is 0.102 e. The molecule has 0 aromatic heterocycles. The van der Waals surface area contributed by atoms with Crippen molar-refractivity contribution in [1.82, 2.24) is 0 Å². The molecule has 6 heteroatoms. The molecule has 0 amide bonds. The third-order valence-corrected chi connectivity index (χ3v) is 3.19. The van der Waals surface area contributed by atoms with Gasteiger partial charge in [-0.25, -0.2) is 0 Å². The second-order valence-electron chi connectivity index (χ2n) is 2.23. The zero-order valence-electron chi connectivity index (χ0n) is 9.23. The summed E-state index contributed by atoms with van der Waals surface area (Å²) in [6.45, 7) is 12.0. The van der Waals surface area contributed by atoms with Gasteiger partial charge in [0, 0.05) is 0 Å². The Hall–Kier alpha value is -1.16. The van der Waals surface area contributed by atoms with Gasteiger partial charge in [0.2, 0.25) is 0 Å². The maximum atomic E-state index is 8.70. The van der Waals surface area contributed by atoms with Crippen LogP contribution in [0.5, 0.6) is 0 Å². The monoisotopic (exact) mass is 320 g/mol. The fraction of sp³-hybridized carbons (Fsp3) is 0. The van der Waals surface area contributed by atoms with E-state index < -0.39 is 0 Å². The number of benzene rings is 1. The van der Waals surface area contributed by atoms with Crippen LogP contribution in [-0.2, 0) is 0 Å². The minimum absolute atomic E-state index is 0.0363. The quantitative estimate of drug-likeness (QED) is 0.352. The summed E-state index contributed by atoms with van der Waals surface area (Å²) in [6, 6.07) is 3.50. The van der Waals surface area contributed by atoms with E-state index in [-0.39, 0.29) is 31.2 Å². The van der Waals surface area contributed by atoms with Crippen LogP contribution in [0.1, 0.15) is 11.1 Å². The van der Waals surface area contributed by atoms with Crippen LogP contribution in [0.25, 0.3) is 0 Å². The first-order valence-electron chi connectivity index (χ1n) is 4.20. The number of nitrogens with zero attached hydrogens (tertiary/aromatic N) is 2. The van der Waals surface area contributed by atoms with Gasteiger partial charge in [-0.15, -0.1) is 26.3 Å². The lowest BCUT2D eigenvalue weighted by Crippen LogP contribution is -1.89. The average Bonchev–Trinajstić information content (AvgIpc) is 2.42. The molecular weight excluding hydrogens is 314 g/mol. The summed E-state index contributed by atoms with van der Waals surface area (Å²) in [5.74, 6) is 0. The summed E-state index contributed by atoms with van der Waals surface area (Å²) >= 11 is 22.8. The van der Waals surface area contributed by atoms with Crippen LogP contribution in [0.15, 0.2) is 26.3 Å². The molecule has 0 radical (unpaired) electrons. The normalized spacial score (nSPS) is 7.67. The number of halogens is 4. The Morgan fingerprint density at radius 1 is 0.611 bits per heavy atom. The van der Waals surface area contributed by atoms with Gasteiger partial charge >= 0.3 is 0 Å². The Morgan fingerprint density at radius 2 is 0.889 bits per heavy atom. The molecule has 18 heavy (non-hydrogen) atoms. The molecule has 0 saturated carbocycles. The molecular formula is C12H8Cl4N2. The van der Waals surface area contributed by atoms with E-state index in [0.717, 1.165) is 0 Å². The Bertz CT molecular complexity index is 469. The summed E-state index contributed by atoms with van der Waals surface area (Å²) in [7, 11) is 0. The van der Waals surface area contributed by atoms with E-state index in [0.29, 0.717) is 0 Å². The van der Waals surface area contributed by atoms with E-state index >= 15 is 0 Å². The van der Waals surface area contributed by atoms with Gasteiger partial charge < -0.3 is 0 Å². The van der Waals surface area contributed by atoms with Crippen LogP contribution in [0.3, 0.4) is 0 Å². The number of hydrogen-bond donors (Lipinski definition) is 0. The van der Waals surface area contributed by atoms with E-state index in [4.69, 9.17) is 56.9 Å². The molecule has 0 fully saturated rings. The highest BCUT2D eigenvalue weighted by Gasteiger charge is 2.19. The van der Waals surface area contributed by atoms with Gasteiger partial charge in [-0.2, -0.15) is 10.5 Å². The first kappa shape index (κ1) is 19.2. The molecule has 1 rings (SSSR count).